The zero-order chi connectivity index (χ0) is 17.5. The number of methoxy groups -OCH3 is 2. The van der Waals surface area contributed by atoms with Crippen LogP contribution in [0.1, 0.15) is 5.56 Å². The summed E-state index contributed by atoms with van der Waals surface area (Å²) in [7, 11) is 3.18. The summed E-state index contributed by atoms with van der Waals surface area (Å²) in [5.74, 6) is 1.63. The molecule has 0 spiro atoms. The van der Waals surface area contributed by atoms with Gasteiger partial charge in [-0.15, -0.1) is 0 Å². The second-order valence-electron chi connectivity index (χ2n) is 4.99. The van der Waals surface area contributed by atoms with Gasteiger partial charge in [0.25, 0.3) is 0 Å². The number of hydrogen-bond donors (Lipinski definition) is 2. The molecule has 0 aliphatic heterocycles. The summed E-state index contributed by atoms with van der Waals surface area (Å²) >= 11 is 12.0. The number of halogens is 2. The number of nitrogens with one attached hydrogen (secondary N) is 1. The average Bonchev–Trinajstić information content (AvgIpc) is 2.53. The van der Waals surface area contributed by atoms with Crippen molar-refractivity contribution in [2.24, 2.45) is 10.7 Å². The van der Waals surface area contributed by atoms with Crippen molar-refractivity contribution >= 4 is 34.8 Å². The molecular formula is C17H19Cl2N3O2. The highest BCUT2D eigenvalue weighted by Gasteiger charge is 2.06. The lowest BCUT2D eigenvalue weighted by molar-refractivity contribution is 0.405. The van der Waals surface area contributed by atoms with E-state index >= 15 is 0 Å². The fraction of sp³-hybridized carbons (Fsp3) is 0.235. The summed E-state index contributed by atoms with van der Waals surface area (Å²) in [6.07, 6.45) is 0.678. The standard InChI is InChI=1S/C17H19Cl2N3O2/c1-23-14-3-4-16(24-2)15(10-14)22-17(20)21-6-5-11-7-12(18)9-13(19)8-11/h3-4,7-10H,5-6H2,1-2H3,(H3,20,21,22). The fourth-order valence-electron chi connectivity index (χ4n) is 2.15. The number of nitrogens with zero attached hydrogens (tertiary/aromatic N) is 1. The van der Waals surface area contributed by atoms with Gasteiger partial charge in [0.05, 0.1) is 19.9 Å². The predicted octanol–water partition coefficient (Wildman–Crippen LogP) is 3.98. The van der Waals surface area contributed by atoms with Gasteiger partial charge >= 0.3 is 0 Å². The van der Waals surface area contributed by atoms with Crippen LogP contribution in [0.2, 0.25) is 10.0 Å². The number of hydrogen-bond acceptors (Lipinski definition) is 3. The van der Waals surface area contributed by atoms with Crippen LogP contribution in [0.4, 0.5) is 5.69 Å². The highest BCUT2D eigenvalue weighted by molar-refractivity contribution is 6.34. The first kappa shape index (κ1) is 18.2. The number of aliphatic imine (C=N–C) groups is 1. The normalized spacial score (nSPS) is 11.2. The Morgan fingerprint density at radius 1 is 1.08 bits per heavy atom. The zero-order valence-corrected chi connectivity index (χ0v) is 15.0. The lowest BCUT2D eigenvalue weighted by Crippen LogP contribution is -2.23. The second kappa shape index (κ2) is 8.66. The maximum Gasteiger partial charge on any atom is 0.193 e. The van der Waals surface area contributed by atoms with Crippen molar-refractivity contribution in [2.45, 2.75) is 6.42 Å². The molecule has 0 saturated carbocycles. The number of ether oxygens (including phenoxy) is 2. The van der Waals surface area contributed by atoms with Gasteiger partial charge in [-0.25, -0.2) is 0 Å². The van der Waals surface area contributed by atoms with Gasteiger partial charge in [-0.05, 0) is 42.3 Å². The Balaban J connectivity index is 2.01. The fourth-order valence-corrected chi connectivity index (χ4v) is 2.72. The van der Waals surface area contributed by atoms with Crippen LogP contribution in [0.3, 0.4) is 0 Å². The molecule has 0 amide bonds. The summed E-state index contributed by atoms with van der Waals surface area (Å²) in [6, 6.07) is 10.8. The minimum absolute atomic E-state index is 0.287. The molecule has 2 rings (SSSR count). The summed E-state index contributed by atoms with van der Waals surface area (Å²) in [5.41, 5.74) is 7.62. The summed E-state index contributed by atoms with van der Waals surface area (Å²) < 4.78 is 10.5. The number of nitrogens with two attached hydrogens (primary N) is 1. The molecule has 3 N–H and O–H groups in total. The summed E-state index contributed by atoms with van der Waals surface area (Å²) in [5, 5.41) is 4.23. The largest absolute Gasteiger partial charge is 0.497 e. The number of guanidine groups is 1. The molecule has 0 saturated heterocycles. The minimum atomic E-state index is 0.287. The molecule has 0 radical (unpaired) electrons. The van der Waals surface area contributed by atoms with E-state index in [2.05, 4.69) is 10.3 Å². The Hall–Kier alpha value is -2.11. The molecule has 5 nitrogen and oxygen atoms in total. The van der Waals surface area contributed by atoms with E-state index in [4.69, 9.17) is 38.4 Å². The maximum atomic E-state index is 5.98. The van der Waals surface area contributed by atoms with Gasteiger partial charge in [0.2, 0.25) is 0 Å². The highest BCUT2D eigenvalue weighted by Crippen LogP contribution is 2.28. The molecule has 2 aromatic carbocycles. The number of rotatable bonds is 6. The molecular weight excluding hydrogens is 349 g/mol. The smallest absolute Gasteiger partial charge is 0.193 e. The van der Waals surface area contributed by atoms with Gasteiger partial charge in [0, 0.05) is 22.7 Å². The van der Waals surface area contributed by atoms with E-state index in [1.54, 1.807) is 38.5 Å². The molecule has 0 aliphatic carbocycles. The van der Waals surface area contributed by atoms with Gasteiger partial charge in [-0.2, -0.15) is 0 Å². The monoisotopic (exact) mass is 367 g/mol. The van der Waals surface area contributed by atoms with Crippen LogP contribution in [0.15, 0.2) is 41.4 Å². The molecule has 0 unspecified atom stereocenters. The highest BCUT2D eigenvalue weighted by atomic mass is 35.5. The Bertz CT molecular complexity index is 716. The van der Waals surface area contributed by atoms with Crippen LogP contribution in [0.25, 0.3) is 0 Å². The van der Waals surface area contributed by atoms with Gasteiger partial charge in [0.15, 0.2) is 5.96 Å². The zero-order valence-electron chi connectivity index (χ0n) is 13.5. The van der Waals surface area contributed by atoms with Crippen LogP contribution in [0.5, 0.6) is 11.5 Å². The summed E-state index contributed by atoms with van der Waals surface area (Å²) in [6.45, 7) is 0.502. The van der Waals surface area contributed by atoms with E-state index in [0.29, 0.717) is 40.2 Å². The summed E-state index contributed by atoms with van der Waals surface area (Å²) in [4.78, 5) is 4.31. The third kappa shape index (κ3) is 5.22. The van der Waals surface area contributed by atoms with Crippen molar-refractivity contribution in [3.8, 4) is 11.5 Å². The third-order valence-electron chi connectivity index (χ3n) is 3.27. The molecule has 0 bridgehead atoms. The molecule has 0 heterocycles. The SMILES string of the molecule is COc1ccc(OC)c(NC(N)=NCCc2cc(Cl)cc(Cl)c2)c1. The predicted molar refractivity (Wildman–Crippen MR) is 99.8 cm³/mol. The topological polar surface area (TPSA) is 68.9 Å². The molecule has 128 valence electrons. The van der Waals surface area contributed by atoms with Crippen molar-refractivity contribution in [3.05, 3.63) is 52.0 Å². The van der Waals surface area contributed by atoms with Crippen molar-refractivity contribution in [2.75, 3.05) is 26.1 Å². The molecule has 0 aromatic heterocycles. The van der Waals surface area contributed by atoms with Gasteiger partial charge in [-0.1, -0.05) is 23.2 Å². The van der Waals surface area contributed by atoms with E-state index in [1.165, 1.54) is 0 Å². The van der Waals surface area contributed by atoms with Crippen molar-refractivity contribution in [1.82, 2.24) is 0 Å². The van der Waals surface area contributed by atoms with E-state index < -0.39 is 0 Å². The van der Waals surface area contributed by atoms with E-state index in [9.17, 15) is 0 Å². The quantitative estimate of drug-likeness (QED) is 0.598. The number of anilines is 1. The Morgan fingerprint density at radius 3 is 2.42 bits per heavy atom. The van der Waals surface area contributed by atoms with Crippen LogP contribution in [-0.2, 0) is 6.42 Å². The van der Waals surface area contributed by atoms with Crippen molar-refractivity contribution in [1.29, 1.82) is 0 Å². The van der Waals surface area contributed by atoms with Crippen LogP contribution in [-0.4, -0.2) is 26.7 Å². The third-order valence-corrected chi connectivity index (χ3v) is 3.71. The molecule has 2 aromatic rings. The van der Waals surface area contributed by atoms with Crippen molar-refractivity contribution < 1.29 is 9.47 Å². The van der Waals surface area contributed by atoms with Gasteiger partial charge in [0.1, 0.15) is 11.5 Å². The molecule has 0 atom stereocenters. The van der Waals surface area contributed by atoms with Gasteiger partial charge < -0.3 is 20.5 Å². The Kier molecular flexibility index (Phi) is 6.58. The lowest BCUT2D eigenvalue weighted by Gasteiger charge is -2.12. The van der Waals surface area contributed by atoms with E-state index in [1.807, 2.05) is 12.1 Å². The molecule has 0 aliphatic rings. The van der Waals surface area contributed by atoms with Gasteiger partial charge in [-0.3, -0.25) is 4.99 Å². The second-order valence-corrected chi connectivity index (χ2v) is 5.86. The average molecular weight is 368 g/mol. The first-order valence-corrected chi connectivity index (χ1v) is 8.01. The van der Waals surface area contributed by atoms with Crippen LogP contribution >= 0.6 is 23.2 Å². The lowest BCUT2D eigenvalue weighted by atomic mass is 10.1. The Labute approximate surface area is 151 Å². The Morgan fingerprint density at radius 2 is 1.79 bits per heavy atom. The molecule has 0 fully saturated rings. The number of benzene rings is 2. The first-order valence-electron chi connectivity index (χ1n) is 7.25. The van der Waals surface area contributed by atoms with E-state index in [-0.39, 0.29) is 5.96 Å². The minimum Gasteiger partial charge on any atom is -0.497 e. The molecule has 7 heteroatoms. The maximum absolute atomic E-state index is 5.98. The van der Waals surface area contributed by atoms with Crippen LogP contribution in [0, 0.1) is 0 Å². The first-order chi connectivity index (χ1) is 11.5. The molecule has 24 heavy (non-hydrogen) atoms. The van der Waals surface area contributed by atoms with E-state index in [0.717, 1.165) is 5.56 Å². The van der Waals surface area contributed by atoms with Crippen LogP contribution < -0.4 is 20.5 Å². The van der Waals surface area contributed by atoms with Crippen molar-refractivity contribution in [3.63, 3.8) is 0 Å².